The van der Waals surface area contributed by atoms with Gasteiger partial charge in [-0.3, -0.25) is 9.78 Å². The van der Waals surface area contributed by atoms with E-state index in [4.69, 9.17) is 0 Å². The quantitative estimate of drug-likeness (QED) is 0.530. The highest BCUT2D eigenvalue weighted by Crippen LogP contribution is 2.25. The average Bonchev–Trinajstić information content (AvgIpc) is 2.63. The minimum atomic E-state index is -0.628. The van der Waals surface area contributed by atoms with Gasteiger partial charge < -0.3 is 10.4 Å². The maximum Gasteiger partial charge on any atom is 0.342 e. The molecule has 1 fully saturated rings. The number of nitrogens with zero attached hydrogens (tertiary/aromatic N) is 1. The molecule has 1 aromatic rings. The first-order chi connectivity index (χ1) is 7.66. The fraction of sp³-hybridized carbons (Fsp3) is 0.667. The van der Waals surface area contributed by atoms with Gasteiger partial charge in [0.25, 0.3) is 5.56 Å². The van der Waals surface area contributed by atoms with Gasteiger partial charge in [0.05, 0.1) is 6.10 Å². The van der Waals surface area contributed by atoms with Gasteiger partial charge >= 0.3 is 5.69 Å². The summed E-state index contributed by atoms with van der Waals surface area (Å²) in [5.41, 5.74) is -1.17. The van der Waals surface area contributed by atoms with E-state index >= 15 is 0 Å². The molecule has 1 aromatic heterocycles. The molecule has 2 atom stereocenters. The first kappa shape index (κ1) is 10.9. The van der Waals surface area contributed by atoms with Crippen LogP contribution in [-0.2, 0) is 0 Å². The number of rotatable bonds is 3. The van der Waals surface area contributed by atoms with E-state index in [-0.39, 0.29) is 17.8 Å². The van der Waals surface area contributed by atoms with Gasteiger partial charge in [-0.05, 0) is 12.8 Å². The molecule has 0 bridgehead atoms. The molecule has 2 unspecified atom stereocenters. The Balaban J connectivity index is 1.99. The molecule has 0 aromatic carbocycles. The summed E-state index contributed by atoms with van der Waals surface area (Å²) >= 11 is 0. The molecule has 2 rings (SSSR count). The second-order valence-corrected chi connectivity index (χ2v) is 3.99. The Bertz CT molecular complexity index is 466. The summed E-state index contributed by atoms with van der Waals surface area (Å²) in [7, 11) is 0. The highest BCUT2D eigenvalue weighted by atomic mass is 16.3. The molecule has 1 aliphatic rings. The van der Waals surface area contributed by atoms with Crippen molar-refractivity contribution in [2.75, 3.05) is 11.9 Å². The summed E-state index contributed by atoms with van der Waals surface area (Å²) in [6, 6.07) is 0. The van der Waals surface area contributed by atoms with Crippen LogP contribution in [0.15, 0.2) is 9.59 Å². The zero-order valence-electron chi connectivity index (χ0n) is 8.69. The fourth-order valence-corrected chi connectivity index (χ4v) is 1.95. The molecule has 16 heavy (non-hydrogen) atoms. The number of hydrogen-bond donors (Lipinski definition) is 4. The zero-order chi connectivity index (χ0) is 11.5. The van der Waals surface area contributed by atoms with Gasteiger partial charge in [-0.25, -0.2) is 9.89 Å². The molecule has 0 spiro atoms. The number of nitrogens with one attached hydrogen (secondary N) is 3. The summed E-state index contributed by atoms with van der Waals surface area (Å²) in [5.74, 6) is 0.229. The molecule has 4 N–H and O–H groups in total. The third kappa shape index (κ3) is 2.30. The smallest absolute Gasteiger partial charge is 0.342 e. The van der Waals surface area contributed by atoms with Crippen LogP contribution >= 0.6 is 0 Å². The van der Waals surface area contributed by atoms with Gasteiger partial charge in [0.1, 0.15) is 0 Å². The summed E-state index contributed by atoms with van der Waals surface area (Å²) in [6.07, 6.45) is 2.44. The van der Waals surface area contributed by atoms with Gasteiger partial charge in [-0.15, -0.1) is 5.10 Å². The Morgan fingerprint density at radius 2 is 2.25 bits per heavy atom. The van der Waals surface area contributed by atoms with Crippen LogP contribution in [0.3, 0.4) is 0 Å². The fourth-order valence-electron chi connectivity index (χ4n) is 1.95. The molecule has 0 radical (unpaired) electrons. The largest absolute Gasteiger partial charge is 0.393 e. The van der Waals surface area contributed by atoms with Crippen LogP contribution in [0.1, 0.15) is 19.3 Å². The Labute approximate surface area is 90.9 Å². The topological polar surface area (TPSA) is 111 Å². The van der Waals surface area contributed by atoms with Crippen molar-refractivity contribution >= 4 is 5.82 Å². The minimum absolute atomic E-state index is 0.0821. The Hall–Kier alpha value is -1.63. The Morgan fingerprint density at radius 1 is 1.44 bits per heavy atom. The molecular formula is C9H14N4O3. The molecule has 0 amide bonds. The van der Waals surface area contributed by atoms with E-state index in [1.807, 2.05) is 0 Å². The standard InChI is InChI=1S/C9H14N4O3/c14-6-3-1-2-5(6)4-10-7-8(15)11-9(16)13-12-7/h5-6,14H,1-4H2,(H,10,12)(H2,11,13,15,16). The highest BCUT2D eigenvalue weighted by molar-refractivity contribution is 5.28. The Morgan fingerprint density at radius 3 is 2.88 bits per heavy atom. The van der Waals surface area contributed by atoms with Crippen LogP contribution < -0.4 is 16.6 Å². The first-order valence-electron chi connectivity index (χ1n) is 5.28. The van der Waals surface area contributed by atoms with Gasteiger partial charge in [-0.2, -0.15) is 0 Å². The monoisotopic (exact) mass is 226 g/mol. The van der Waals surface area contributed by atoms with Crippen molar-refractivity contribution in [2.24, 2.45) is 5.92 Å². The summed E-state index contributed by atoms with van der Waals surface area (Å²) in [5, 5.41) is 18.1. The number of hydrogen-bond acceptors (Lipinski definition) is 5. The van der Waals surface area contributed by atoms with Crippen molar-refractivity contribution < 1.29 is 5.11 Å². The number of aromatic nitrogens is 3. The second kappa shape index (κ2) is 4.48. The summed E-state index contributed by atoms with van der Waals surface area (Å²) in [6.45, 7) is 0.489. The summed E-state index contributed by atoms with van der Waals surface area (Å²) < 4.78 is 0. The van der Waals surface area contributed by atoms with E-state index in [1.54, 1.807) is 0 Å². The molecule has 7 heteroatoms. The predicted octanol–water partition coefficient (Wildman–Crippen LogP) is -0.969. The van der Waals surface area contributed by atoms with E-state index in [0.717, 1.165) is 19.3 Å². The number of aromatic amines is 2. The lowest BCUT2D eigenvalue weighted by molar-refractivity contribution is 0.138. The van der Waals surface area contributed by atoms with Crippen molar-refractivity contribution in [2.45, 2.75) is 25.4 Å². The van der Waals surface area contributed by atoms with E-state index in [9.17, 15) is 14.7 Å². The van der Waals surface area contributed by atoms with Crippen molar-refractivity contribution in [1.29, 1.82) is 0 Å². The molecule has 88 valence electrons. The van der Waals surface area contributed by atoms with Crippen LogP contribution in [0.5, 0.6) is 0 Å². The molecule has 1 heterocycles. The van der Waals surface area contributed by atoms with E-state index < -0.39 is 11.2 Å². The number of H-pyrrole nitrogens is 2. The highest BCUT2D eigenvalue weighted by Gasteiger charge is 2.25. The molecule has 1 aliphatic carbocycles. The molecule has 7 nitrogen and oxygen atoms in total. The lowest BCUT2D eigenvalue weighted by Crippen LogP contribution is -2.30. The summed E-state index contributed by atoms with van der Waals surface area (Å²) in [4.78, 5) is 24.0. The lowest BCUT2D eigenvalue weighted by Gasteiger charge is -2.14. The van der Waals surface area contributed by atoms with E-state index in [1.165, 1.54) is 0 Å². The molecule has 1 saturated carbocycles. The van der Waals surface area contributed by atoms with Crippen molar-refractivity contribution in [3.63, 3.8) is 0 Å². The number of aliphatic hydroxyl groups is 1. The van der Waals surface area contributed by atoms with Crippen LogP contribution in [0.25, 0.3) is 0 Å². The molecule has 0 saturated heterocycles. The first-order valence-corrected chi connectivity index (χ1v) is 5.28. The molecule has 0 aliphatic heterocycles. The van der Waals surface area contributed by atoms with E-state index in [2.05, 4.69) is 20.5 Å². The second-order valence-electron chi connectivity index (χ2n) is 3.99. The van der Waals surface area contributed by atoms with Crippen LogP contribution in [0, 0.1) is 5.92 Å². The zero-order valence-corrected chi connectivity index (χ0v) is 8.69. The average molecular weight is 226 g/mol. The maximum atomic E-state index is 11.3. The third-order valence-electron chi connectivity index (χ3n) is 2.86. The van der Waals surface area contributed by atoms with Gasteiger partial charge in [0.15, 0.2) is 0 Å². The van der Waals surface area contributed by atoms with Gasteiger partial charge in [-0.1, -0.05) is 6.42 Å². The Kier molecular flexibility index (Phi) is 3.04. The van der Waals surface area contributed by atoms with Crippen LogP contribution in [0.4, 0.5) is 5.82 Å². The van der Waals surface area contributed by atoms with Crippen molar-refractivity contribution in [3.05, 3.63) is 20.8 Å². The SMILES string of the molecule is O=c1[nH]nc(NCC2CCCC2O)c(=O)[nH]1. The van der Waals surface area contributed by atoms with E-state index in [0.29, 0.717) is 6.54 Å². The van der Waals surface area contributed by atoms with Crippen LogP contribution in [0.2, 0.25) is 0 Å². The third-order valence-corrected chi connectivity index (χ3v) is 2.86. The number of anilines is 1. The number of aliphatic hydroxyl groups excluding tert-OH is 1. The van der Waals surface area contributed by atoms with Crippen molar-refractivity contribution in [1.82, 2.24) is 15.2 Å². The van der Waals surface area contributed by atoms with Gasteiger partial charge in [0.2, 0.25) is 5.82 Å². The minimum Gasteiger partial charge on any atom is -0.393 e. The molecular weight excluding hydrogens is 212 g/mol. The lowest BCUT2D eigenvalue weighted by atomic mass is 10.1. The van der Waals surface area contributed by atoms with Crippen LogP contribution in [-0.4, -0.2) is 32.9 Å². The predicted molar refractivity (Wildman–Crippen MR) is 57.3 cm³/mol. The normalized spacial score (nSPS) is 24.6. The maximum absolute atomic E-state index is 11.3. The van der Waals surface area contributed by atoms with Crippen molar-refractivity contribution in [3.8, 4) is 0 Å². The van der Waals surface area contributed by atoms with Gasteiger partial charge in [0, 0.05) is 12.5 Å².